The lowest BCUT2D eigenvalue weighted by atomic mass is 10.3. The zero-order valence-corrected chi connectivity index (χ0v) is 15.9. The van der Waals surface area contributed by atoms with E-state index in [1.165, 1.54) is 4.68 Å². The van der Waals surface area contributed by atoms with Crippen LogP contribution in [0.1, 0.15) is 6.92 Å². The largest absolute Gasteiger partial charge is 0.492 e. The van der Waals surface area contributed by atoms with Crippen LogP contribution in [0, 0.1) is 0 Å². The van der Waals surface area contributed by atoms with Crippen LogP contribution in [-0.4, -0.2) is 26.9 Å². The Morgan fingerprint density at radius 3 is 2.59 bits per heavy atom. The Balaban J connectivity index is 1.73. The third kappa shape index (κ3) is 3.62. The summed E-state index contributed by atoms with van der Waals surface area (Å²) in [6.45, 7) is 2.30. The quantitative estimate of drug-likeness (QED) is 0.550. The minimum Gasteiger partial charge on any atom is -0.492 e. The average Bonchev–Trinajstić information content (AvgIpc) is 3.02. The van der Waals surface area contributed by atoms with Gasteiger partial charge in [0.05, 0.1) is 23.4 Å². The van der Waals surface area contributed by atoms with Crippen molar-refractivity contribution in [2.45, 2.75) is 13.5 Å². The van der Waals surface area contributed by atoms with Crippen LogP contribution < -0.4 is 15.6 Å². The number of pyridine rings is 1. The predicted molar refractivity (Wildman–Crippen MR) is 112 cm³/mol. The van der Waals surface area contributed by atoms with Crippen LogP contribution in [0.4, 0.5) is 5.69 Å². The molecule has 0 fully saturated rings. The van der Waals surface area contributed by atoms with Gasteiger partial charge < -0.3 is 10.1 Å². The number of nitrogens with zero attached hydrogens (tertiary/aromatic N) is 3. The molecule has 0 spiro atoms. The second kappa shape index (κ2) is 8.02. The van der Waals surface area contributed by atoms with Crippen molar-refractivity contribution in [1.82, 2.24) is 14.3 Å². The van der Waals surface area contributed by atoms with Gasteiger partial charge in [-0.3, -0.25) is 14.3 Å². The molecule has 0 aliphatic carbocycles. The number of hydrogen-bond donors (Lipinski definition) is 1. The number of anilines is 1. The number of ether oxygens (including phenoxy) is 1. The van der Waals surface area contributed by atoms with Gasteiger partial charge in [-0.05, 0) is 43.3 Å². The molecule has 1 amide bonds. The van der Waals surface area contributed by atoms with Crippen molar-refractivity contribution in [3.05, 3.63) is 83.3 Å². The van der Waals surface area contributed by atoms with Crippen LogP contribution in [0.15, 0.2) is 77.7 Å². The highest BCUT2D eigenvalue weighted by molar-refractivity contribution is 5.92. The highest BCUT2D eigenvalue weighted by Crippen LogP contribution is 2.24. The molecular weight excluding hydrogens is 368 g/mol. The predicted octanol–water partition coefficient (Wildman–Crippen LogP) is 3.22. The summed E-state index contributed by atoms with van der Waals surface area (Å²) in [4.78, 5) is 30.2. The second-order valence-electron chi connectivity index (χ2n) is 6.36. The van der Waals surface area contributed by atoms with E-state index in [-0.39, 0.29) is 18.0 Å². The van der Waals surface area contributed by atoms with E-state index in [0.717, 1.165) is 0 Å². The third-order valence-electron chi connectivity index (χ3n) is 4.45. The first-order valence-corrected chi connectivity index (χ1v) is 9.32. The van der Waals surface area contributed by atoms with Crippen molar-refractivity contribution in [1.29, 1.82) is 0 Å². The number of para-hydroxylation sites is 3. The maximum Gasteiger partial charge on any atom is 0.280 e. The highest BCUT2D eigenvalue weighted by atomic mass is 16.5. The summed E-state index contributed by atoms with van der Waals surface area (Å²) in [5.74, 6) is 0.309. The van der Waals surface area contributed by atoms with Crippen molar-refractivity contribution in [3.63, 3.8) is 0 Å². The van der Waals surface area contributed by atoms with Gasteiger partial charge in [0.25, 0.3) is 5.56 Å². The van der Waals surface area contributed by atoms with E-state index in [1.807, 2.05) is 49.4 Å². The number of amides is 1. The fourth-order valence-corrected chi connectivity index (χ4v) is 3.24. The number of carbonyl (C=O) groups is 1. The first-order valence-electron chi connectivity index (χ1n) is 9.32. The third-order valence-corrected chi connectivity index (χ3v) is 4.45. The van der Waals surface area contributed by atoms with Gasteiger partial charge in [0.15, 0.2) is 5.65 Å². The Bertz CT molecular complexity index is 1210. The number of aromatic nitrogens is 3. The van der Waals surface area contributed by atoms with Gasteiger partial charge in [0, 0.05) is 6.20 Å². The van der Waals surface area contributed by atoms with Crippen molar-refractivity contribution >= 4 is 22.6 Å². The number of benzene rings is 2. The van der Waals surface area contributed by atoms with Gasteiger partial charge in [-0.25, -0.2) is 9.67 Å². The Morgan fingerprint density at radius 1 is 1.03 bits per heavy atom. The van der Waals surface area contributed by atoms with Crippen molar-refractivity contribution < 1.29 is 9.53 Å². The Morgan fingerprint density at radius 2 is 1.79 bits per heavy atom. The SMILES string of the molecule is CCOc1ccccc1NC(=O)Cn1c2ncccc2c(=O)n1-c1ccccc1. The molecule has 0 saturated heterocycles. The van der Waals surface area contributed by atoms with Crippen LogP contribution in [-0.2, 0) is 11.3 Å². The molecule has 29 heavy (non-hydrogen) atoms. The zero-order valence-electron chi connectivity index (χ0n) is 15.9. The number of hydrogen-bond acceptors (Lipinski definition) is 4. The number of fused-ring (bicyclic) bond motifs is 1. The number of carbonyl (C=O) groups excluding carboxylic acids is 1. The first kappa shape index (κ1) is 18.5. The van der Waals surface area contributed by atoms with E-state index in [4.69, 9.17) is 4.74 Å². The van der Waals surface area contributed by atoms with Crippen LogP contribution in [0.3, 0.4) is 0 Å². The highest BCUT2D eigenvalue weighted by Gasteiger charge is 2.18. The molecule has 2 aromatic heterocycles. The van der Waals surface area contributed by atoms with E-state index in [0.29, 0.717) is 34.8 Å². The molecule has 7 nitrogen and oxygen atoms in total. The molecule has 0 unspecified atom stereocenters. The van der Waals surface area contributed by atoms with Crippen LogP contribution >= 0.6 is 0 Å². The smallest absolute Gasteiger partial charge is 0.280 e. The molecular formula is C22H20N4O3. The lowest BCUT2D eigenvalue weighted by Gasteiger charge is -2.14. The summed E-state index contributed by atoms with van der Waals surface area (Å²) in [5, 5.41) is 3.33. The number of rotatable bonds is 6. The minimum absolute atomic E-state index is 0.0783. The van der Waals surface area contributed by atoms with Gasteiger partial charge >= 0.3 is 0 Å². The summed E-state index contributed by atoms with van der Waals surface area (Å²) in [6, 6.07) is 19.9. The molecule has 2 heterocycles. The molecule has 0 radical (unpaired) electrons. The van der Waals surface area contributed by atoms with Crippen LogP contribution in [0.5, 0.6) is 5.75 Å². The van der Waals surface area contributed by atoms with E-state index in [2.05, 4.69) is 10.3 Å². The van der Waals surface area contributed by atoms with E-state index >= 15 is 0 Å². The lowest BCUT2D eigenvalue weighted by molar-refractivity contribution is -0.117. The van der Waals surface area contributed by atoms with Crippen molar-refractivity contribution in [2.75, 3.05) is 11.9 Å². The van der Waals surface area contributed by atoms with Crippen LogP contribution in [0.25, 0.3) is 16.7 Å². The maximum atomic E-state index is 13.0. The Kier molecular flexibility index (Phi) is 5.11. The standard InChI is InChI=1S/C22H20N4O3/c1-2-29-19-13-7-6-12-18(19)24-20(27)15-25-21-17(11-8-14-23-21)22(28)26(25)16-9-4-3-5-10-16/h3-14H,2,15H2,1H3,(H,24,27). The fourth-order valence-electron chi connectivity index (χ4n) is 3.24. The Hall–Kier alpha value is -3.87. The Labute approximate surface area is 167 Å². The molecule has 0 aliphatic rings. The summed E-state index contributed by atoms with van der Waals surface area (Å²) in [5.41, 5.74) is 1.48. The summed E-state index contributed by atoms with van der Waals surface area (Å²) in [6.07, 6.45) is 1.61. The zero-order chi connectivity index (χ0) is 20.2. The second-order valence-corrected chi connectivity index (χ2v) is 6.36. The van der Waals surface area contributed by atoms with Gasteiger partial charge in [-0.1, -0.05) is 30.3 Å². The van der Waals surface area contributed by atoms with Gasteiger partial charge in [-0.15, -0.1) is 0 Å². The first-order chi connectivity index (χ1) is 14.2. The molecule has 0 saturated carbocycles. The molecule has 2 aromatic carbocycles. The lowest BCUT2D eigenvalue weighted by Crippen LogP contribution is -2.27. The summed E-state index contributed by atoms with van der Waals surface area (Å²) in [7, 11) is 0. The summed E-state index contributed by atoms with van der Waals surface area (Å²) < 4.78 is 8.63. The fraction of sp³-hybridized carbons (Fsp3) is 0.136. The summed E-state index contributed by atoms with van der Waals surface area (Å²) >= 11 is 0. The molecule has 0 aliphatic heterocycles. The van der Waals surface area contributed by atoms with E-state index in [1.54, 1.807) is 35.1 Å². The topological polar surface area (TPSA) is 78.2 Å². The molecule has 4 rings (SSSR count). The normalized spacial score (nSPS) is 10.8. The minimum atomic E-state index is -0.288. The average molecular weight is 388 g/mol. The molecule has 4 aromatic rings. The van der Waals surface area contributed by atoms with Crippen molar-refractivity contribution in [3.8, 4) is 11.4 Å². The van der Waals surface area contributed by atoms with Gasteiger partial charge in [0.2, 0.25) is 5.91 Å². The monoisotopic (exact) mass is 388 g/mol. The number of nitrogens with one attached hydrogen (secondary N) is 1. The van der Waals surface area contributed by atoms with Gasteiger partial charge in [-0.2, -0.15) is 0 Å². The molecule has 146 valence electrons. The van der Waals surface area contributed by atoms with Crippen molar-refractivity contribution in [2.24, 2.45) is 0 Å². The van der Waals surface area contributed by atoms with Crippen LogP contribution in [0.2, 0.25) is 0 Å². The molecule has 7 heteroatoms. The van der Waals surface area contributed by atoms with E-state index < -0.39 is 0 Å². The molecule has 0 bridgehead atoms. The van der Waals surface area contributed by atoms with Gasteiger partial charge in [0.1, 0.15) is 12.3 Å². The maximum absolute atomic E-state index is 13.0. The molecule has 0 atom stereocenters. The molecule has 1 N–H and O–H groups in total. The van der Waals surface area contributed by atoms with E-state index in [9.17, 15) is 9.59 Å².